The van der Waals surface area contributed by atoms with Gasteiger partial charge < -0.3 is 5.11 Å². The summed E-state index contributed by atoms with van der Waals surface area (Å²) >= 11 is 0.892. The van der Waals surface area contributed by atoms with E-state index in [-0.39, 0.29) is 0 Å². The van der Waals surface area contributed by atoms with Crippen LogP contribution >= 0.6 is 11.4 Å². The summed E-state index contributed by atoms with van der Waals surface area (Å²) in [4.78, 5) is 0. The molecule has 0 saturated carbocycles. The number of unbranched alkanes of at least 4 members (excludes halogenated alkanes) is 2. The SMILES string of the molecule is CCCCC=C[SH]=CO. The van der Waals surface area contributed by atoms with Gasteiger partial charge in [0.2, 0.25) is 0 Å². The van der Waals surface area contributed by atoms with Crippen LogP contribution in [0.3, 0.4) is 0 Å². The molecule has 54 valence electrons. The van der Waals surface area contributed by atoms with Gasteiger partial charge in [-0.05, 0) is 11.8 Å². The number of allylic oxidation sites excluding steroid dienone is 1. The summed E-state index contributed by atoms with van der Waals surface area (Å²) < 4.78 is 0. The Morgan fingerprint density at radius 1 is 1.56 bits per heavy atom. The highest BCUT2D eigenvalue weighted by Crippen LogP contribution is 1.96. The van der Waals surface area contributed by atoms with E-state index >= 15 is 0 Å². The maximum Gasteiger partial charge on any atom is 0.0598 e. The zero-order valence-corrected chi connectivity index (χ0v) is 6.64. The van der Waals surface area contributed by atoms with Gasteiger partial charge in [0.05, 0.1) is 5.55 Å². The van der Waals surface area contributed by atoms with E-state index in [1.807, 2.05) is 5.41 Å². The molecule has 9 heavy (non-hydrogen) atoms. The zero-order valence-electron chi connectivity index (χ0n) is 5.75. The number of hydrogen-bond acceptors (Lipinski definition) is 0. The molecule has 0 aliphatic rings. The molecule has 2 heteroatoms. The number of aliphatic hydroxyl groups is 1. The van der Waals surface area contributed by atoms with Gasteiger partial charge >= 0.3 is 0 Å². The lowest BCUT2D eigenvalue weighted by Crippen LogP contribution is -1.64. The molecule has 0 atom stereocenters. The van der Waals surface area contributed by atoms with Crippen LogP contribution in [0.15, 0.2) is 11.5 Å². The molecule has 0 fully saturated rings. The molecule has 0 unspecified atom stereocenters. The molecule has 0 aliphatic heterocycles. The Morgan fingerprint density at radius 3 is 2.89 bits per heavy atom. The largest absolute Gasteiger partial charge is 0.363 e. The van der Waals surface area contributed by atoms with Gasteiger partial charge in [0.25, 0.3) is 0 Å². The predicted molar refractivity (Wildman–Crippen MR) is 46.3 cm³/mol. The van der Waals surface area contributed by atoms with Crippen LogP contribution in [0.2, 0.25) is 0 Å². The highest BCUT2D eigenvalue weighted by molar-refractivity contribution is 8.00. The van der Waals surface area contributed by atoms with Crippen LogP contribution < -0.4 is 0 Å². The second-order valence-electron chi connectivity index (χ2n) is 1.79. The Balaban J connectivity index is 3.04. The Labute approximate surface area is 60.4 Å². The van der Waals surface area contributed by atoms with Gasteiger partial charge in [0.1, 0.15) is 0 Å². The second kappa shape index (κ2) is 7.92. The van der Waals surface area contributed by atoms with Gasteiger partial charge in [-0.3, -0.25) is 0 Å². The average Bonchev–Trinajstić information content (AvgIpc) is 1.89. The number of rotatable bonds is 4. The van der Waals surface area contributed by atoms with Crippen LogP contribution in [0.1, 0.15) is 26.2 Å². The molecular weight excluding hydrogens is 132 g/mol. The molecule has 0 amide bonds. The maximum absolute atomic E-state index is 8.23. The van der Waals surface area contributed by atoms with Crippen LogP contribution in [0.5, 0.6) is 0 Å². The van der Waals surface area contributed by atoms with Crippen LogP contribution in [0.25, 0.3) is 0 Å². The van der Waals surface area contributed by atoms with E-state index in [1.54, 1.807) is 0 Å². The Bertz CT molecular complexity index is 97.1. The van der Waals surface area contributed by atoms with Crippen LogP contribution in [-0.4, -0.2) is 10.7 Å². The topological polar surface area (TPSA) is 20.2 Å². The minimum absolute atomic E-state index is 0.892. The molecule has 1 nitrogen and oxygen atoms in total. The number of aliphatic hydroxyl groups excluding tert-OH is 1. The van der Waals surface area contributed by atoms with Gasteiger partial charge in [0.15, 0.2) is 0 Å². The molecule has 0 bridgehead atoms. The lowest BCUT2D eigenvalue weighted by molar-refractivity contribution is 0.593. The molecule has 0 radical (unpaired) electrons. The smallest absolute Gasteiger partial charge is 0.0598 e. The molecule has 0 saturated heterocycles. The first-order chi connectivity index (χ1) is 4.41. The third kappa shape index (κ3) is 7.92. The van der Waals surface area contributed by atoms with Crippen molar-refractivity contribution in [1.82, 2.24) is 0 Å². The first kappa shape index (κ1) is 8.92. The van der Waals surface area contributed by atoms with E-state index in [4.69, 9.17) is 5.11 Å². The van der Waals surface area contributed by atoms with Crippen molar-refractivity contribution in [2.75, 3.05) is 0 Å². The summed E-state index contributed by atoms with van der Waals surface area (Å²) in [6, 6.07) is 0. The molecule has 1 N–H and O–H groups in total. The van der Waals surface area contributed by atoms with Crippen molar-refractivity contribution in [3.63, 3.8) is 0 Å². The summed E-state index contributed by atoms with van der Waals surface area (Å²) in [6.45, 7) is 2.17. The first-order valence-electron chi connectivity index (χ1n) is 3.22. The van der Waals surface area contributed by atoms with Crippen molar-refractivity contribution < 1.29 is 5.11 Å². The molecule has 0 aromatic carbocycles. The van der Waals surface area contributed by atoms with Crippen molar-refractivity contribution in [2.24, 2.45) is 0 Å². The fourth-order valence-electron chi connectivity index (χ4n) is 0.496. The highest BCUT2D eigenvalue weighted by atomic mass is 32.1. The summed E-state index contributed by atoms with van der Waals surface area (Å²) in [5.41, 5.74) is 1.14. The van der Waals surface area contributed by atoms with E-state index in [0.717, 1.165) is 23.3 Å². The van der Waals surface area contributed by atoms with Gasteiger partial charge in [-0.1, -0.05) is 25.8 Å². The maximum atomic E-state index is 8.23. The normalized spacial score (nSPS) is 12.7. The van der Waals surface area contributed by atoms with Crippen LogP contribution in [-0.2, 0) is 0 Å². The quantitative estimate of drug-likeness (QED) is 0.354. The second-order valence-corrected chi connectivity index (χ2v) is 2.62. The number of hydrogen-bond donors (Lipinski definition) is 2. The monoisotopic (exact) mass is 146 g/mol. The molecule has 0 aliphatic carbocycles. The van der Waals surface area contributed by atoms with Gasteiger partial charge in [0, 0.05) is 0 Å². The highest BCUT2D eigenvalue weighted by Gasteiger charge is 1.74. The third-order valence-electron chi connectivity index (χ3n) is 0.982. The minimum Gasteiger partial charge on any atom is -0.363 e. The van der Waals surface area contributed by atoms with E-state index in [9.17, 15) is 0 Å². The van der Waals surface area contributed by atoms with Crippen LogP contribution in [0, 0.1) is 0 Å². The van der Waals surface area contributed by atoms with E-state index in [2.05, 4.69) is 13.0 Å². The van der Waals surface area contributed by atoms with Crippen molar-refractivity contribution in [2.45, 2.75) is 26.2 Å². The van der Waals surface area contributed by atoms with E-state index < -0.39 is 0 Å². The van der Waals surface area contributed by atoms with Gasteiger partial charge in [-0.2, -0.15) is 11.4 Å². The van der Waals surface area contributed by atoms with E-state index in [1.165, 1.54) is 12.8 Å². The van der Waals surface area contributed by atoms with Crippen molar-refractivity contribution in [3.8, 4) is 0 Å². The Hall–Kier alpha value is -0.0800. The van der Waals surface area contributed by atoms with Crippen molar-refractivity contribution in [3.05, 3.63) is 11.5 Å². The summed E-state index contributed by atoms with van der Waals surface area (Å²) in [6.07, 6.45) is 5.72. The Morgan fingerprint density at radius 2 is 2.33 bits per heavy atom. The van der Waals surface area contributed by atoms with E-state index in [0.29, 0.717) is 0 Å². The van der Waals surface area contributed by atoms with Gasteiger partial charge in [-0.15, -0.1) is 0 Å². The standard InChI is InChI=1S/C7H14OS/c1-2-3-4-5-6-9-7-8/h5-9H,2-4H2,1H3. The lowest BCUT2D eigenvalue weighted by Gasteiger charge is -1.84. The summed E-state index contributed by atoms with van der Waals surface area (Å²) in [5, 5.41) is 10.2. The average molecular weight is 146 g/mol. The summed E-state index contributed by atoms with van der Waals surface area (Å²) in [7, 11) is 0. The fourth-order valence-corrected chi connectivity index (χ4v) is 0.844. The van der Waals surface area contributed by atoms with Crippen LogP contribution in [0.4, 0.5) is 0 Å². The number of thiol groups is 1. The Kier molecular flexibility index (Phi) is 7.85. The fraction of sp³-hybridized carbons (Fsp3) is 0.571. The van der Waals surface area contributed by atoms with Gasteiger partial charge in [-0.25, -0.2) is 0 Å². The zero-order chi connectivity index (χ0) is 6.95. The van der Waals surface area contributed by atoms with Crippen molar-refractivity contribution in [1.29, 1.82) is 0 Å². The minimum atomic E-state index is 0.892. The summed E-state index contributed by atoms with van der Waals surface area (Å²) in [5.74, 6) is 0. The molecular formula is C7H14OS. The first-order valence-corrected chi connectivity index (χ1v) is 4.26. The lowest BCUT2D eigenvalue weighted by atomic mass is 10.2. The molecule has 0 aromatic heterocycles. The molecule has 0 heterocycles. The molecule has 0 rings (SSSR count). The molecule has 0 aromatic rings. The molecule has 0 spiro atoms. The third-order valence-corrected chi connectivity index (χ3v) is 1.50. The van der Waals surface area contributed by atoms with Crippen molar-refractivity contribution >= 4 is 16.9 Å². The predicted octanol–water partition coefficient (Wildman–Crippen LogP) is 2.47.